The third-order valence-electron chi connectivity index (χ3n) is 3.47. The molecule has 2 rings (SSSR count). The summed E-state index contributed by atoms with van der Waals surface area (Å²) in [6, 6.07) is 8.48. The number of urea groups is 1. The van der Waals surface area contributed by atoms with E-state index in [2.05, 4.69) is 10.6 Å². The number of hydrogen-bond donors (Lipinski definition) is 2. The molecule has 1 atom stereocenters. The summed E-state index contributed by atoms with van der Waals surface area (Å²) in [6.45, 7) is 4.82. The van der Waals surface area contributed by atoms with Crippen LogP contribution in [-0.2, 0) is 14.3 Å². The fraction of sp³-hybridized carbons (Fsp3) is 0.250. The van der Waals surface area contributed by atoms with E-state index in [1.54, 1.807) is 44.2 Å². The molecule has 0 fully saturated rings. The first-order valence-electron chi connectivity index (χ1n) is 8.61. The van der Waals surface area contributed by atoms with Gasteiger partial charge in [0, 0.05) is 12.1 Å². The first kappa shape index (κ1) is 20.9. The first-order chi connectivity index (χ1) is 13.3. The number of rotatable bonds is 6. The van der Waals surface area contributed by atoms with Gasteiger partial charge >= 0.3 is 12.0 Å². The number of hydrogen-bond acceptors (Lipinski definition) is 5. The van der Waals surface area contributed by atoms with Gasteiger partial charge in [-0.15, -0.1) is 0 Å². The molecule has 3 amide bonds. The van der Waals surface area contributed by atoms with E-state index in [1.807, 2.05) is 0 Å². The molecule has 8 heteroatoms. The number of benzene rings is 1. The minimum absolute atomic E-state index is 0.142. The van der Waals surface area contributed by atoms with Crippen molar-refractivity contribution in [1.29, 1.82) is 0 Å². The van der Waals surface area contributed by atoms with Crippen LogP contribution in [0.25, 0.3) is 17.4 Å². The van der Waals surface area contributed by atoms with Crippen molar-refractivity contribution >= 4 is 24.0 Å². The van der Waals surface area contributed by atoms with E-state index in [-0.39, 0.29) is 6.04 Å². The van der Waals surface area contributed by atoms with Gasteiger partial charge in [-0.1, -0.05) is 12.1 Å². The quantitative estimate of drug-likeness (QED) is 0.585. The van der Waals surface area contributed by atoms with Crippen LogP contribution in [0.15, 0.2) is 46.9 Å². The lowest BCUT2D eigenvalue weighted by molar-refractivity contribution is -0.149. The summed E-state index contributed by atoms with van der Waals surface area (Å²) in [5, 5.41) is 4.56. The van der Waals surface area contributed by atoms with Gasteiger partial charge in [-0.25, -0.2) is 14.0 Å². The van der Waals surface area contributed by atoms with E-state index in [9.17, 15) is 18.8 Å². The number of esters is 1. The highest BCUT2D eigenvalue weighted by molar-refractivity contribution is 5.98. The molecule has 7 nitrogen and oxygen atoms in total. The van der Waals surface area contributed by atoms with Gasteiger partial charge in [0.25, 0.3) is 5.91 Å². The standard InChI is InChI=1S/C20H21FN2O5/c1-12(2)22-20(26)23-19(25)13(3)27-18(24)11-9-14-8-10-17(28-14)15-6-4-5-7-16(15)21/h4-13H,1-3H3,(H2,22,23,25,26)/b11-9+/t13-/m0/s1. The Balaban J connectivity index is 1.91. The third kappa shape index (κ3) is 6.08. The molecule has 0 aliphatic carbocycles. The van der Waals surface area contributed by atoms with E-state index in [1.165, 1.54) is 19.1 Å². The Morgan fingerprint density at radius 2 is 1.82 bits per heavy atom. The molecule has 0 unspecified atom stereocenters. The SMILES string of the molecule is CC(C)NC(=O)NC(=O)[C@H](C)OC(=O)/C=C/c1ccc(-c2ccccc2F)o1. The number of ether oxygens (including phenoxy) is 1. The lowest BCUT2D eigenvalue weighted by atomic mass is 10.1. The Labute approximate surface area is 161 Å². The van der Waals surface area contributed by atoms with Gasteiger partial charge in [-0.2, -0.15) is 0 Å². The van der Waals surface area contributed by atoms with Crippen LogP contribution in [0.2, 0.25) is 0 Å². The third-order valence-corrected chi connectivity index (χ3v) is 3.47. The average Bonchev–Trinajstić information content (AvgIpc) is 3.08. The van der Waals surface area contributed by atoms with Crippen molar-refractivity contribution in [3.8, 4) is 11.3 Å². The summed E-state index contributed by atoms with van der Waals surface area (Å²) in [7, 11) is 0. The lowest BCUT2D eigenvalue weighted by Crippen LogP contribution is -2.46. The maximum atomic E-state index is 13.8. The lowest BCUT2D eigenvalue weighted by Gasteiger charge is -2.13. The fourth-order valence-corrected chi connectivity index (χ4v) is 2.18. The van der Waals surface area contributed by atoms with Crippen molar-refractivity contribution in [2.45, 2.75) is 32.9 Å². The molecular weight excluding hydrogens is 367 g/mol. The highest BCUT2D eigenvalue weighted by Crippen LogP contribution is 2.25. The molecule has 0 aliphatic rings. The normalized spacial score (nSPS) is 12.0. The topological polar surface area (TPSA) is 97.6 Å². The molecule has 0 saturated heterocycles. The number of carbonyl (C=O) groups excluding carboxylic acids is 3. The van der Waals surface area contributed by atoms with Crippen LogP contribution in [0.3, 0.4) is 0 Å². The summed E-state index contributed by atoms with van der Waals surface area (Å²) in [4.78, 5) is 35.1. The van der Waals surface area contributed by atoms with Crippen molar-refractivity contribution < 1.29 is 27.9 Å². The number of nitrogens with one attached hydrogen (secondary N) is 2. The van der Waals surface area contributed by atoms with Crippen LogP contribution in [0.1, 0.15) is 26.5 Å². The van der Waals surface area contributed by atoms with E-state index in [0.717, 1.165) is 6.08 Å². The molecule has 0 spiro atoms. The molecule has 0 bridgehead atoms. The van der Waals surface area contributed by atoms with Gasteiger partial charge < -0.3 is 14.5 Å². The van der Waals surface area contributed by atoms with Crippen molar-refractivity contribution in [2.24, 2.45) is 0 Å². The average molecular weight is 388 g/mol. The van der Waals surface area contributed by atoms with Crippen LogP contribution in [0.5, 0.6) is 0 Å². The van der Waals surface area contributed by atoms with Crippen LogP contribution >= 0.6 is 0 Å². The highest BCUT2D eigenvalue weighted by Gasteiger charge is 2.19. The molecule has 0 saturated carbocycles. The zero-order valence-electron chi connectivity index (χ0n) is 15.7. The van der Waals surface area contributed by atoms with Crippen LogP contribution in [-0.4, -0.2) is 30.1 Å². The van der Waals surface area contributed by atoms with Crippen LogP contribution in [0, 0.1) is 5.82 Å². The summed E-state index contributed by atoms with van der Waals surface area (Å²) < 4.78 is 24.2. The molecule has 0 radical (unpaired) electrons. The Morgan fingerprint density at radius 1 is 1.11 bits per heavy atom. The maximum Gasteiger partial charge on any atom is 0.331 e. The van der Waals surface area contributed by atoms with E-state index < -0.39 is 29.8 Å². The molecule has 148 valence electrons. The first-order valence-corrected chi connectivity index (χ1v) is 8.61. The largest absolute Gasteiger partial charge is 0.457 e. The summed E-state index contributed by atoms with van der Waals surface area (Å²) in [5.74, 6) is -1.35. The van der Waals surface area contributed by atoms with E-state index in [0.29, 0.717) is 17.1 Å². The smallest absolute Gasteiger partial charge is 0.331 e. The van der Waals surface area contributed by atoms with Crippen molar-refractivity contribution in [2.75, 3.05) is 0 Å². The van der Waals surface area contributed by atoms with Gasteiger partial charge in [0.2, 0.25) is 0 Å². The van der Waals surface area contributed by atoms with Crippen molar-refractivity contribution in [1.82, 2.24) is 10.6 Å². The predicted molar refractivity (Wildman–Crippen MR) is 101 cm³/mol. The van der Waals surface area contributed by atoms with Gasteiger partial charge in [0.15, 0.2) is 6.10 Å². The Kier molecular flexibility index (Phi) is 7.08. The maximum absolute atomic E-state index is 13.8. The predicted octanol–water partition coefficient (Wildman–Crippen LogP) is 3.26. The molecule has 28 heavy (non-hydrogen) atoms. The van der Waals surface area contributed by atoms with Crippen LogP contribution in [0.4, 0.5) is 9.18 Å². The number of amides is 3. The van der Waals surface area contributed by atoms with E-state index >= 15 is 0 Å². The molecule has 0 aliphatic heterocycles. The molecule has 2 aromatic rings. The van der Waals surface area contributed by atoms with Crippen LogP contribution < -0.4 is 10.6 Å². The second kappa shape index (κ2) is 9.50. The van der Waals surface area contributed by atoms with E-state index in [4.69, 9.17) is 9.15 Å². The molecule has 1 heterocycles. The zero-order valence-corrected chi connectivity index (χ0v) is 15.7. The van der Waals surface area contributed by atoms with Gasteiger partial charge in [0.05, 0.1) is 5.56 Å². The molecule has 1 aromatic heterocycles. The zero-order chi connectivity index (χ0) is 20.7. The minimum Gasteiger partial charge on any atom is -0.457 e. The van der Waals surface area contributed by atoms with Gasteiger partial charge in [-0.3, -0.25) is 10.1 Å². The number of carbonyl (C=O) groups is 3. The Bertz CT molecular complexity index is 888. The molecule has 1 aromatic carbocycles. The Hall–Kier alpha value is -3.42. The monoisotopic (exact) mass is 388 g/mol. The Morgan fingerprint density at radius 3 is 2.50 bits per heavy atom. The number of furan rings is 1. The van der Waals surface area contributed by atoms with Gasteiger partial charge in [-0.05, 0) is 51.1 Å². The second-order valence-corrected chi connectivity index (χ2v) is 6.21. The fourth-order valence-electron chi connectivity index (χ4n) is 2.18. The summed E-state index contributed by atoms with van der Waals surface area (Å²) in [5.41, 5.74) is 0.301. The number of halogens is 1. The second-order valence-electron chi connectivity index (χ2n) is 6.21. The van der Waals surface area contributed by atoms with Crippen molar-refractivity contribution in [3.05, 3.63) is 54.1 Å². The van der Waals surface area contributed by atoms with Crippen molar-refractivity contribution in [3.63, 3.8) is 0 Å². The summed E-state index contributed by atoms with van der Waals surface area (Å²) >= 11 is 0. The minimum atomic E-state index is -1.17. The highest BCUT2D eigenvalue weighted by atomic mass is 19.1. The number of imide groups is 1. The summed E-state index contributed by atoms with van der Waals surface area (Å²) in [6.07, 6.45) is 1.24. The molecule has 2 N–H and O–H groups in total. The molecular formula is C20H21FN2O5. The van der Waals surface area contributed by atoms with Gasteiger partial charge in [0.1, 0.15) is 17.3 Å².